The molecule has 8 fully saturated rings. The molecule has 0 aromatic rings. The molecule has 0 spiro atoms. The molecule has 9 rings (SSSR count). The van der Waals surface area contributed by atoms with Gasteiger partial charge in [-0.25, -0.2) is 9.59 Å². The highest BCUT2D eigenvalue weighted by Crippen LogP contribution is 2.58. The first-order chi connectivity index (χ1) is 16.3. The van der Waals surface area contributed by atoms with Crippen LogP contribution < -0.4 is 5.32 Å². The average Bonchev–Trinajstić information content (AvgIpc) is 2.70. The number of dihydropyridines is 1. The van der Waals surface area contributed by atoms with E-state index in [2.05, 4.69) is 5.32 Å². The van der Waals surface area contributed by atoms with Gasteiger partial charge < -0.3 is 14.8 Å². The third kappa shape index (κ3) is 3.47. The van der Waals surface area contributed by atoms with Crippen LogP contribution in [0, 0.1) is 35.5 Å². The number of hydrogen-bond acceptors (Lipinski definition) is 5. The smallest absolute Gasteiger partial charge is 0.336 e. The summed E-state index contributed by atoms with van der Waals surface area (Å²) in [6, 6.07) is 0. The van der Waals surface area contributed by atoms with Gasteiger partial charge in [0, 0.05) is 17.8 Å². The lowest BCUT2D eigenvalue weighted by molar-refractivity contribution is -0.182. The minimum absolute atomic E-state index is 0.223. The predicted octanol–water partition coefficient (Wildman–Crippen LogP) is 5.55. The molecular formula is C29H39NO4. The summed E-state index contributed by atoms with van der Waals surface area (Å²) in [7, 11) is 0. The van der Waals surface area contributed by atoms with Crippen molar-refractivity contribution in [2.45, 2.75) is 109 Å². The van der Waals surface area contributed by atoms with Gasteiger partial charge in [-0.1, -0.05) is 0 Å². The SMILES string of the molecule is CC1=C(C(=O)OC23CC4CC(CC(C4)C2)C3)CC(C(=O)OC23CC4CC(CC(C4)C2)C3)=C(C)N1. The Morgan fingerprint density at radius 3 is 1.21 bits per heavy atom. The van der Waals surface area contributed by atoms with Crippen LogP contribution in [0.5, 0.6) is 0 Å². The fourth-order valence-electron chi connectivity index (χ4n) is 10.2. The molecule has 1 heterocycles. The first kappa shape index (κ1) is 21.5. The molecule has 0 aromatic carbocycles. The van der Waals surface area contributed by atoms with E-state index in [0.29, 0.717) is 17.6 Å². The van der Waals surface area contributed by atoms with E-state index in [0.717, 1.165) is 85.4 Å². The molecule has 0 saturated heterocycles. The van der Waals surface area contributed by atoms with Crippen LogP contribution in [0.1, 0.15) is 97.3 Å². The highest BCUT2D eigenvalue weighted by Gasteiger charge is 2.55. The molecule has 8 saturated carbocycles. The number of hydrogen-bond donors (Lipinski definition) is 1. The van der Waals surface area contributed by atoms with Crippen LogP contribution in [0.25, 0.3) is 0 Å². The van der Waals surface area contributed by atoms with Gasteiger partial charge in [0.05, 0.1) is 11.1 Å². The van der Waals surface area contributed by atoms with Gasteiger partial charge in [-0.05, 0) is 126 Å². The molecule has 9 aliphatic rings. The Labute approximate surface area is 203 Å². The van der Waals surface area contributed by atoms with Crippen LogP contribution >= 0.6 is 0 Å². The van der Waals surface area contributed by atoms with E-state index in [-0.39, 0.29) is 23.1 Å². The zero-order valence-corrected chi connectivity index (χ0v) is 20.8. The molecule has 0 amide bonds. The maximum Gasteiger partial charge on any atom is 0.336 e. The van der Waals surface area contributed by atoms with Gasteiger partial charge in [0.1, 0.15) is 11.2 Å². The summed E-state index contributed by atoms with van der Waals surface area (Å²) >= 11 is 0. The molecule has 8 aliphatic carbocycles. The summed E-state index contributed by atoms with van der Waals surface area (Å²) < 4.78 is 12.7. The Morgan fingerprint density at radius 1 is 0.618 bits per heavy atom. The lowest BCUT2D eigenvalue weighted by Crippen LogP contribution is -2.53. The van der Waals surface area contributed by atoms with Gasteiger partial charge in [-0.2, -0.15) is 0 Å². The van der Waals surface area contributed by atoms with Crippen LogP contribution in [-0.2, 0) is 19.1 Å². The molecule has 5 heteroatoms. The average molecular weight is 466 g/mol. The quantitative estimate of drug-likeness (QED) is 0.551. The van der Waals surface area contributed by atoms with E-state index < -0.39 is 0 Å². The maximum absolute atomic E-state index is 13.5. The van der Waals surface area contributed by atoms with Crippen molar-refractivity contribution >= 4 is 11.9 Å². The zero-order chi connectivity index (χ0) is 23.2. The van der Waals surface area contributed by atoms with Crippen LogP contribution in [0.4, 0.5) is 0 Å². The van der Waals surface area contributed by atoms with Gasteiger partial charge in [0.25, 0.3) is 0 Å². The molecule has 1 N–H and O–H groups in total. The molecular weight excluding hydrogens is 426 g/mol. The van der Waals surface area contributed by atoms with Crippen LogP contribution in [0.15, 0.2) is 22.5 Å². The van der Waals surface area contributed by atoms with Crippen LogP contribution in [0.3, 0.4) is 0 Å². The molecule has 34 heavy (non-hydrogen) atoms. The van der Waals surface area contributed by atoms with Gasteiger partial charge in [0.2, 0.25) is 0 Å². The second-order valence-electron chi connectivity index (χ2n) is 13.5. The van der Waals surface area contributed by atoms with Crippen molar-refractivity contribution in [2.24, 2.45) is 35.5 Å². The van der Waals surface area contributed by atoms with Crippen LogP contribution in [-0.4, -0.2) is 23.1 Å². The Bertz CT molecular complexity index is 855. The minimum atomic E-state index is -0.269. The zero-order valence-electron chi connectivity index (χ0n) is 20.8. The van der Waals surface area contributed by atoms with Crippen molar-refractivity contribution in [3.05, 3.63) is 22.5 Å². The summed E-state index contributed by atoms with van der Waals surface area (Å²) in [5, 5.41) is 3.31. The van der Waals surface area contributed by atoms with Gasteiger partial charge in [-0.15, -0.1) is 0 Å². The Balaban J connectivity index is 1.06. The number of esters is 2. The Morgan fingerprint density at radius 2 is 0.912 bits per heavy atom. The van der Waals surface area contributed by atoms with Crippen molar-refractivity contribution in [1.82, 2.24) is 5.32 Å². The third-order valence-electron chi connectivity index (χ3n) is 10.7. The Kier molecular flexibility index (Phi) is 4.66. The monoisotopic (exact) mass is 465 g/mol. The maximum atomic E-state index is 13.5. The topological polar surface area (TPSA) is 64.6 Å². The standard InChI is InChI=1S/C29H39NO4/c1-16-24(26(31)33-28-10-18-3-19(11-28)5-20(4-18)12-28)9-25(17(2)30-16)27(32)34-29-13-21-6-22(14-29)8-23(7-21)15-29/h18-23,30H,3-15H2,1-2H3. The summed E-state index contributed by atoms with van der Waals surface area (Å²) in [6.07, 6.45) is 14.4. The number of rotatable bonds is 4. The number of carbonyl (C=O) groups excluding carboxylic acids is 2. The van der Waals surface area contributed by atoms with E-state index in [1.54, 1.807) is 0 Å². The fraction of sp³-hybridized carbons (Fsp3) is 0.793. The molecule has 0 aromatic heterocycles. The van der Waals surface area contributed by atoms with E-state index >= 15 is 0 Å². The lowest BCUT2D eigenvalue weighted by Gasteiger charge is -2.56. The summed E-state index contributed by atoms with van der Waals surface area (Å²) in [6.45, 7) is 3.86. The molecule has 1 aliphatic heterocycles. The van der Waals surface area contributed by atoms with E-state index in [9.17, 15) is 9.59 Å². The largest absolute Gasteiger partial charge is 0.456 e. The molecule has 184 valence electrons. The van der Waals surface area contributed by atoms with Crippen molar-refractivity contribution < 1.29 is 19.1 Å². The van der Waals surface area contributed by atoms with Crippen LogP contribution in [0.2, 0.25) is 0 Å². The molecule has 0 unspecified atom stereocenters. The second kappa shape index (κ2) is 7.36. The highest BCUT2D eigenvalue weighted by molar-refractivity contribution is 5.97. The van der Waals surface area contributed by atoms with E-state index in [1.807, 2.05) is 13.8 Å². The van der Waals surface area contributed by atoms with Gasteiger partial charge in [-0.3, -0.25) is 0 Å². The second-order valence-corrected chi connectivity index (χ2v) is 13.5. The van der Waals surface area contributed by atoms with E-state index in [4.69, 9.17) is 9.47 Å². The Hall–Kier alpha value is -1.78. The molecule has 0 atom stereocenters. The predicted molar refractivity (Wildman–Crippen MR) is 127 cm³/mol. The number of carbonyl (C=O) groups is 2. The summed E-state index contributed by atoms with van der Waals surface area (Å²) in [5.74, 6) is 3.92. The van der Waals surface area contributed by atoms with Crippen molar-refractivity contribution in [3.63, 3.8) is 0 Å². The number of ether oxygens (including phenoxy) is 2. The fourth-order valence-corrected chi connectivity index (χ4v) is 10.2. The van der Waals surface area contributed by atoms with Crippen molar-refractivity contribution in [1.29, 1.82) is 0 Å². The van der Waals surface area contributed by atoms with Crippen molar-refractivity contribution in [2.75, 3.05) is 0 Å². The van der Waals surface area contributed by atoms with Gasteiger partial charge in [0.15, 0.2) is 0 Å². The van der Waals surface area contributed by atoms with Crippen molar-refractivity contribution in [3.8, 4) is 0 Å². The van der Waals surface area contributed by atoms with E-state index in [1.165, 1.54) is 38.5 Å². The third-order valence-corrected chi connectivity index (χ3v) is 10.7. The summed E-state index contributed by atoms with van der Waals surface area (Å²) in [4.78, 5) is 27.0. The lowest BCUT2D eigenvalue weighted by atomic mass is 9.54. The molecule has 5 nitrogen and oxygen atoms in total. The number of nitrogens with one attached hydrogen (secondary N) is 1. The first-order valence-electron chi connectivity index (χ1n) is 13.9. The highest BCUT2D eigenvalue weighted by atomic mass is 16.6. The number of allylic oxidation sites excluding steroid dienone is 2. The molecule has 8 bridgehead atoms. The van der Waals surface area contributed by atoms with Gasteiger partial charge >= 0.3 is 11.9 Å². The summed E-state index contributed by atoms with van der Waals surface area (Å²) in [5.41, 5.74) is 2.32. The minimum Gasteiger partial charge on any atom is -0.456 e. The normalized spacial score (nSPS) is 46.1. The first-order valence-corrected chi connectivity index (χ1v) is 13.9. The molecule has 0 radical (unpaired) electrons.